The van der Waals surface area contributed by atoms with Crippen molar-refractivity contribution in [2.75, 3.05) is 6.54 Å². The summed E-state index contributed by atoms with van der Waals surface area (Å²) in [7, 11) is 0. The molecule has 2 aromatic rings. The highest BCUT2D eigenvalue weighted by Gasteiger charge is 2.34. The number of hydrogen-bond acceptors (Lipinski definition) is 6. The number of fused-ring (bicyclic) bond motifs is 1. The normalized spacial score (nSPS) is 16.9. The molecule has 0 saturated heterocycles. The van der Waals surface area contributed by atoms with Crippen LogP contribution in [0.15, 0.2) is 47.6 Å². The molecule has 0 bridgehead atoms. The average Bonchev–Trinajstić information content (AvgIpc) is 2.83. The van der Waals surface area contributed by atoms with Gasteiger partial charge in [0.2, 0.25) is 11.8 Å². The number of para-hydroxylation sites is 1. The molecule has 1 saturated carbocycles. The molecular formula is C28H40ClN5O2. The van der Waals surface area contributed by atoms with Crippen molar-refractivity contribution in [1.82, 2.24) is 15.2 Å². The number of nitrogens with two attached hydrogens (primary N) is 1. The Kier molecular flexibility index (Phi) is 9.60. The third kappa shape index (κ3) is 7.60. The minimum Gasteiger partial charge on any atom is -0.439 e. The fraction of sp³-hybridized carbons (Fsp3) is 0.536. The highest BCUT2D eigenvalue weighted by molar-refractivity contribution is 5.85. The molecule has 1 unspecified atom stereocenters. The average molecular weight is 514 g/mol. The lowest BCUT2D eigenvalue weighted by Crippen LogP contribution is -2.51. The summed E-state index contributed by atoms with van der Waals surface area (Å²) in [4.78, 5) is 24.2. The zero-order valence-electron chi connectivity index (χ0n) is 21.7. The summed E-state index contributed by atoms with van der Waals surface area (Å²) in [5.74, 6) is 2.25. The number of aliphatic imine (C=N–C) groups is 1. The standard InChI is InChI=1S/C28H39N5O2.ClH/c1-28(2,3)14-15-30-25(34)17-24(20-10-6-4-7-11-20)33-19-21-16-26(31-18-23(21)32-27(33)29)35-22-12-8-5-9-13-22;/h5,8-9,12-13,16,18,20,24H,4,6-7,10-11,14-15,17,19H2,1-3H3,(H2,29,32)(H,30,34);1H. The van der Waals surface area contributed by atoms with Gasteiger partial charge >= 0.3 is 0 Å². The second kappa shape index (κ2) is 12.4. The van der Waals surface area contributed by atoms with E-state index in [4.69, 9.17) is 10.5 Å². The lowest BCUT2D eigenvalue weighted by atomic mass is 9.81. The molecule has 8 heteroatoms. The van der Waals surface area contributed by atoms with Crippen LogP contribution in [0, 0.1) is 11.3 Å². The minimum absolute atomic E-state index is 0. The molecule has 36 heavy (non-hydrogen) atoms. The van der Waals surface area contributed by atoms with E-state index in [1.807, 2.05) is 36.4 Å². The van der Waals surface area contributed by atoms with Gasteiger partial charge in [-0.3, -0.25) is 4.79 Å². The van der Waals surface area contributed by atoms with Crippen LogP contribution in [-0.4, -0.2) is 34.3 Å². The Balaban J connectivity index is 0.00000361. The molecule has 1 aliphatic heterocycles. The molecule has 2 aliphatic rings. The highest BCUT2D eigenvalue weighted by atomic mass is 35.5. The van der Waals surface area contributed by atoms with Crippen LogP contribution in [-0.2, 0) is 11.3 Å². The number of carbonyl (C=O) groups excluding carboxylic acids is 1. The maximum absolute atomic E-state index is 13.0. The predicted molar refractivity (Wildman–Crippen MR) is 147 cm³/mol. The molecule has 7 nitrogen and oxygen atoms in total. The number of guanidine groups is 1. The maximum atomic E-state index is 13.0. The first-order valence-corrected chi connectivity index (χ1v) is 12.9. The lowest BCUT2D eigenvalue weighted by molar-refractivity contribution is -0.122. The zero-order valence-corrected chi connectivity index (χ0v) is 22.5. The van der Waals surface area contributed by atoms with Gasteiger partial charge in [-0.1, -0.05) is 58.2 Å². The Morgan fingerprint density at radius 3 is 2.61 bits per heavy atom. The van der Waals surface area contributed by atoms with E-state index in [2.05, 4.69) is 41.0 Å². The highest BCUT2D eigenvalue weighted by Crippen LogP contribution is 2.35. The van der Waals surface area contributed by atoms with Crippen molar-refractivity contribution < 1.29 is 9.53 Å². The Hall–Kier alpha value is -2.80. The van der Waals surface area contributed by atoms with E-state index in [-0.39, 0.29) is 29.8 Å². The molecule has 1 amide bonds. The van der Waals surface area contributed by atoms with Gasteiger partial charge in [-0.2, -0.15) is 0 Å². The van der Waals surface area contributed by atoms with Crippen LogP contribution in [0.3, 0.4) is 0 Å². The van der Waals surface area contributed by atoms with Crippen LogP contribution in [0.1, 0.15) is 71.3 Å². The first-order chi connectivity index (χ1) is 16.8. The number of hydrogen-bond donors (Lipinski definition) is 2. The van der Waals surface area contributed by atoms with Crippen LogP contribution >= 0.6 is 12.4 Å². The SMILES string of the molecule is CC(C)(C)CCNC(=O)CC(C1CCCCC1)N1Cc2cc(Oc3ccccc3)ncc2N=C1N.Cl. The Morgan fingerprint density at radius 1 is 1.19 bits per heavy atom. The first kappa shape index (κ1) is 27.8. The van der Waals surface area contributed by atoms with Gasteiger partial charge in [0, 0.05) is 37.2 Å². The topological polar surface area (TPSA) is 92.8 Å². The molecular weight excluding hydrogens is 474 g/mol. The number of ether oxygens (including phenoxy) is 1. The van der Waals surface area contributed by atoms with Crippen LogP contribution in [0.25, 0.3) is 0 Å². The Bertz CT molecular complexity index is 1030. The fourth-order valence-corrected chi connectivity index (χ4v) is 4.99. The van der Waals surface area contributed by atoms with E-state index in [1.165, 1.54) is 19.3 Å². The number of pyridine rings is 1. The Morgan fingerprint density at radius 2 is 1.92 bits per heavy atom. The van der Waals surface area contributed by atoms with Crippen molar-refractivity contribution in [2.45, 2.75) is 78.3 Å². The molecule has 1 aromatic heterocycles. The predicted octanol–water partition coefficient (Wildman–Crippen LogP) is 5.95. The first-order valence-electron chi connectivity index (χ1n) is 12.9. The molecule has 1 atom stereocenters. The fourth-order valence-electron chi connectivity index (χ4n) is 4.99. The van der Waals surface area contributed by atoms with E-state index >= 15 is 0 Å². The summed E-state index contributed by atoms with van der Waals surface area (Å²) in [6.45, 7) is 7.86. The number of rotatable bonds is 8. The van der Waals surface area contributed by atoms with E-state index in [0.29, 0.717) is 37.3 Å². The molecule has 196 valence electrons. The second-order valence-corrected chi connectivity index (χ2v) is 11.0. The van der Waals surface area contributed by atoms with E-state index < -0.39 is 0 Å². The number of amides is 1. The van der Waals surface area contributed by atoms with E-state index in [9.17, 15) is 4.79 Å². The second-order valence-electron chi connectivity index (χ2n) is 11.0. The molecule has 1 aliphatic carbocycles. The molecule has 2 heterocycles. The summed E-state index contributed by atoms with van der Waals surface area (Å²) in [6.07, 6.45) is 9.00. The quantitative estimate of drug-likeness (QED) is 0.455. The molecule has 1 aromatic carbocycles. The number of nitrogens with zero attached hydrogens (tertiary/aromatic N) is 3. The van der Waals surface area contributed by atoms with Gasteiger partial charge in [-0.05, 0) is 42.7 Å². The number of benzene rings is 1. The number of halogens is 1. The summed E-state index contributed by atoms with van der Waals surface area (Å²) in [5.41, 5.74) is 8.44. The zero-order chi connectivity index (χ0) is 24.8. The van der Waals surface area contributed by atoms with Crippen LogP contribution in [0.5, 0.6) is 11.6 Å². The van der Waals surface area contributed by atoms with Gasteiger partial charge in [-0.25, -0.2) is 9.98 Å². The van der Waals surface area contributed by atoms with Gasteiger partial charge in [0.25, 0.3) is 0 Å². The number of aromatic nitrogens is 1. The van der Waals surface area contributed by atoms with Crippen LogP contribution < -0.4 is 15.8 Å². The summed E-state index contributed by atoms with van der Waals surface area (Å²) < 4.78 is 5.95. The van der Waals surface area contributed by atoms with Gasteiger partial charge < -0.3 is 20.7 Å². The van der Waals surface area contributed by atoms with Gasteiger partial charge in [0.15, 0.2) is 5.96 Å². The van der Waals surface area contributed by atoms with Crippen molar-refractivity contribution >= 4 is 30.0 Å². The van der Waals surface area contributed by atoms with Gasteiger partial charge in [0.05, 0.1) is 11.9 Å². The monoisotopic (exact) mass is 513 g/mol. The molecule has 0 spiro atoms. The molecule has 0 radical (unpaired) electrons. The maximum Gasteiger partial charge on any atom is 0.222 e. The molecule has 1 fully saturated rings. The summed E-state index contributed by atoms with van der Waals surface area (Å²) in [5, 5.41) is 3.14. The molecule has 4 rings (SSSR count). The van der Waals surface area contributed by atoms with Crippen molar-refractivity contribution in [3.63, 3.8) is 0 Å². The number of carbonyl (C=O) groups is 1. The third-order valence-electron chi connectivity index (χ3n) is 6.96. The van der Waals surface area contributed by atoms with E-state index in [0.717, 1.165) is 36.3 Å². The van der Waals surface area contributed by atoms with Crippen molar-refractivity contribution in [1.29, 1.82) is 0 Å². The van der Waals surface area contributed by atoms with Crippen LogP contribution in [0.4, 0.5) is 5.69 Å². The van der Waals surface area contributed by atoms with Crippen molar-refractivity contribution in [3.8, 4) is 11.6 Å². The third-order valence-corrected chi connectivity index (χ3v) is 6.96. The molecule has 3 N–H and O–H groups in total. The smallest absolute Gasteiger partial charge is 0.222 e. The van der Waals surface area contributed by atoms with Gasteiger partial charge in [-0.15, -0.1) is 12.4 Å². The lowest BCUT2D eigenvalue weighted by Gasteiger charge is -2.41. The van der Waals surface area contributed by atoms with Crippen LogP contribution in [0.2, 0.25) is 0 Å². The van der Waals surface area contributed by atoms with Crippen molar-refractivity contribution in [2.24, 2.45) is 22.1 Å². The van der Waals surface area contributed by atoms with E-state index in [1.54, 1.807) is 6.20 Å². The van der Waals surface area contributed by atoms with Gasteiger partial charge in [0.1, 0.15) is 5.75 Å². The largest absolute Gasteiger partial charge is 0.439 e. The number of nitrogens with one attached hydrogen (secondary N) is 1. The minimum atomic E-state index is 0. The summed E-state index contributed by atoms with van der Waals surface area (Å²) in [6, 6.07) is 11.6. The Labute approximate surface area is 221 Å². The summed E-state index contributed by atoms with van der Waals surface area (Å²) >= 11 is 0. The van der Waals surface area contributed by atoms with Crippen molar-refractivity contribution in [3.05, 3.63) is 48.2 Å².